The summed E-state index contributed by atoms with van der Waals surface area (Å²) in [5.41, 5.74) is 4.33. The number of rotatable bonds is 11. The van der Waals surface area contributed by atoms with E-state index in [1.807, 2.05) is 13.8 Å². The van der Waals surface area contributed by atoms with Crippen molar-refractivity contribution in [1.29, 1.82) is 0 Å². The summed E-state index contributed by atoms with van der Waals surface area (Å²) in [5.74, 6) is 0.355. The smallest absolute Gasteiger partial charge is 0.186 e. The summed E-state index contributed by atoms with van der Waals surface area (Å²) in [4.78, 5) is 22.8. The van der Waals surface area contributed by atoms with E-state index in [4.69, 9.17) is 19.2 Å². The second-order valence-corrected chi connectivity index (χ2v) is 16.0. The number of fused-ring (bicyclic) bond motifs is 5. The maximum absolute atomic E-state index is 12.7. The molecular weight excluding hydrogens is 668 g/mol. The molecule has 0 spiro atoms. The van der Waals surface area contributed by atoms with Gasteiger partial charge in [-0.25, -0.2) is 18.2 Å². The van der Waals surface area contributed by atoms with Crippen molar-refractivity contribution in [3.05, 3.63) is 34.4 Å². The number of carbonyl (C=O) groups excluding carboxylic acids is 1. The van der Waals surface area contributed by atoms with Crippen LogP contribution in [0.25, 0.3) is 0 Å². The number of hydrogen-bond acceptors (Lipinski definition) is 13. The van der Waals surface area contributed by atoms with Gasteiger partial charge in [-0.15, -0.1) is 8.67 Å². The molecule has 13 nitrogen and oxygen atoms in total. The lowest BCUT2D eigenvalue weighted by molar-refractivity contribution is -0.364. The average Bonchev–Trinajstić information content (AvgIpc) is 3.35. The van der Waals surface area contributed by atoms with Gasteiger partial charge < -0.3 is 28.8 Å². The Kier molecular flexibility index (Phi) is 12.0. The Labute approximate surface area is 287 Å². The predicted molar refractivity (Wildman–Crippen MR) is 170 cm³/mol. The van der Waals surface area contributed by atoms with Gasteiger partial charge in [0.05, 0.1) is 18.3 Å². The van der Waals surface area contributed by atoms with Gasteiger partial charge in [0.15, 0.2) is 12.1 Å². The van der Waals surface area contributed by atoms with E-state index >= 15 is 0 Å². The third-order valence-electron chi connectivity index (χ3n) is 11.7. The Bertz CT molecular complexity index is 1360. The van der Waals surface area contributed by atoms with Crippen molar-refractivity contribution in [3.8, 4) is 0 Å². The number of aliphatic hydroxyl groups is 2. The lowest BCUT2D eigenvalue weighted by Crippen LogP contribution is -2.61. The highest BCUT2D eigenvalue weighted by atomic mass is 32.2. The fourth-order valence-corrected chi connectivity index (χ4v) is 9.93. The molecule has 0 aromatic carbocycles. The molecule has 15 heteroatoms. The van der Waals surface area contributed by atoms with Crippen LogP contribution in [0, 0.1) is 28.6 Å². The number of hydrogen-bond donors (Lipinski definition) is 2. The van der Waals surface area contributed by atoms with Crippen LogP contribution in [0.4, 0.5) is 0 Å². The van der Waals surface area contributed by atoms with E-state index < -0.39 is 65.6 Å². The van der Waals surface area contributed by atoms with E-state index in [0.29, 0.717) is 32.1 Å². The molecule has 48 heavy (non-hydrogen) atoms. The van der Waals surface area contributed by atoms with Crippen LogP contribution < -0.4 is 0 Å². The molecule has 4 aliphatic carbocycles. The first kappa shape index (κ1) is 38.0. The Morgan fingerprint density at radius 1 is 1.02 bits per heavy atom. The van der Waals surface area contributed by atoms with Crippen molar-refractivity contribution in [2.45, 2.75) is 136 Å². The van der Waals surface area contributed by atoms with Crippen molar-refractivity contribution in [2.75, 3.05) is 0 Å². The van der Waals surface area contributed by atoms with E-state index in [0.717, 1.165) is 30.4 Å². The largest absolute Gasteiger partial charge is 0.748 e. The first-order valence-corrected chi connectivity index (χ1v) is 18.7. The molecule has 5 rings (SSSR count). The van der Waals surface area contributed by atoms with Crippen molar-refractivity contribution in [3.63, 3.8) is 0 Å². The van der Waals surface area contributed by atoms with Crippen LogP contribution in [0.3, 0.4) is 0 Å². The minimum atomic E-state index is -3.00. The van der Waals surface area contributed by atoms with Crippen molar-refractivity contribution >= 4 is 28.5 Å². The number of aliphatic hydroxyl groups excluding tert-OH is 2. The zero-order valence-electron chi connectivity index (χ0n) is 28.3. The number of carbonyl (C=O) groups is 1. The number of ketones is 1. The molecule has 14 atom stereocenters. The van der Waals surface area contributed by atoms with E-state index in [2.05, 4.69) is 35.5 Å². The molecule has 0 aromatic rings. The monoisotopic (exact) mass is 716 g/mol. The van der Waals surface area contributed by atoms with Crippen molar-refractivity contribution < 1.29 is 60.4 Å². The van der Waals surface area contributed by atoms with Crippen LogP contribution in [-0.4, -0.2) is 76.4 Å². The number of ether oxygens (including phenoxy) is 2. The standard InChI is InChI=1S/C33H50O13S2/c1-17(2)13-20(34)14-18(3)23-7-8-24-22-16-27(42-31-29(36)28(35)30(19(4)41-31)44-46-48(39)40)26-15-21(43-45-47(37)38)9-11-33(26,6)25(22)10-12-32(23,24)5/h10,13,19,21-22,24,26-31,35-36H,7-9,11-12,14-16H2,1-6H3,(H,37,38)(H,39,40)/p-2/b23-18+/t19?,21?,22?,24?,26-,27?,28?,29?,30?,31?,32?,33?/m1/s1. The summed E-state index contributed by atoms with van der Waals surface area (Å²) in [7, 11) is 0. The Hall–Kier alpha value is -1.21. The van der Waals surface area contributed by atoms with Gasteiger partial charge in [-0.2, -0.15) is 0 Å². The molecule has 2 N–H and O–H groups in total. The van der Waals surface area contributed by atoms with Crippen LogP contribution in [0.5, 0.6) is 0 Å². The molecule has 5 aliphatic rings. The lowest BCUT2D eigenvalue weighted by atomic mass is 9.48. The molecule has 1 aliphatic heterocycles. The van der Waals surface area contributed by atoms with E-state index in [9.17, 15) is 32.5 Å². The molecular formula is C33H48O13S2-2. The van der Waals surface area contributed by atoms with Crippen LogP contribution in [0.2, 0.25) is 0 Å². The van der Waals surface area contributed by atoms with Gasteiger partial charge in [-0.1, -0.05) is 42.2 Å². The highest BCUT2D eigenvalue weighted by Crippen LogP contribution is 2.66. The first-order chi connectivity index (χ1) is 22.5. The van der Waals surface area contributed by atoms with Gasteiger partial charge in [0.25, 0.3) is 0 Å². The van der Waals surface area contributed by atoms with Gasteiger partial charge >= 0.3 is 0 Å². The molecule has 4 fully saturated rings. The molecule has 0 bridgehead atoms. The van der Waals surface area contributed by atoms with Crippen LogP contribution in [0.1, 0.15) is 92.9 Å². The summed E-state index contributed by atoms with van der Waals surface area (Å²) < 4.78 is 65.2. The van der Waals surface area contributed by atoms with E-state index in [1.165, 1.54) is 11.1 Å². The molecule has 1 heterocycles. The maximum atomic E-state index is 12.7. The van der Waals surface area contributed by atoms with Crippen molar-refractivity contribution in [1.82, 2.24) is 0 Å². The van der Waals surface area contributed by atoms with Crippen LogP contribution in [0.15, 0.2) is 34.4 Å². The molecule has 272 valence electrons. The Morgan fingerprint density at radius 2 is 1.71 bits per heavy atom. The number of allylic oxidation sites excluding steroid dienone is 6. The lowest BCUT2D eigenvalue weighted by Gasteiger charge is -2.59. The van der Waals surface area contributed by atoms with Crippen molar-refractivity contribution in [2.24, 2.45) is 28.6 Å². The van der Waals surface area contributed by atoms with Gasteiger partial charge in [-0.05, 0) is 107 Å². The third kappa shape index (κ3) is 7.67. The maximum Gasteiger partial charge on any atom is 0.186 e. The second-order valence-electron chi connectivity index (χ2n) is 14.9. The molecule has 0 radical (unpaired) electrons. The summed E-state index contributed by atoms with van der Waals surface area (Å²) >= 11 is -5.84. The summed E-state index contributed by atoms with van der Waals surface area (Å²) in [6.07, 6.45) is 1.85. The van der Waals surface area contributed by atoms with E-state index in [1.54, 1.807) is 13.0 Å². The Morgan fingerprint density at radius 3 is 2.38 bits per heavy atom. The SMILES string of the molecule is CC(C)=CC(=O)C/C(C)=C1\CCC2C3CC(OC4OC(C)C(OOS(=O)[O-])C(O)C4O)[C@H]4CC(OOS(=O)[O-])CCC4(C)C3=CCC12C. The van der Waals surface area contributed by atoms with Gasteiger partial charge in [0, 0.05) is 6.42 Å². The quantitative estimate of drug-likeness (QED) is 0.103. The first-order valence-electron chi connectivity index (χ1n) is 16.7. The summed E-state index contributed by atoms with van der Waals surface area (Å²) in [5, 5.41) is 21.9. The fourth-order valence-electron chi connectivity index (χ4n) is 9.60. The predicted octanol–water partition coefficient (Wildman–Crippen LogP) is 3.87. The van der Waals surface area contributed by atoms with E-state index in [-0.39, 0.29) is 34.4 Å². The summed E-state index contributed by atoms with van der Waals surface area (Å²) in [6.45, 7) is 12.0. The van der Waals surface area contributed by atoms with Gasteiger partial charge in [-0.3, -0.25) is 4.79 Å². The summed E-state index contributed by atoms with van der Waals surface area (Å²) in [6, 6.07) is 0. The fraction of sp³-hybridized carbons (Fsp3) is 0.788. The second kappa shape index (κ2) is 15.2. The Balaban J connectivity index is 1.44. The minimum absolute atomic E-state index is 0.104. The minimum Gasteiger partial charge on any atom is -0.748 e. The van der Waals surface area contributed by atoms with Crippen LogP contribution in [-0.2, 0) is 55.4 Å². The molecule has 0 aromatic heterocycles. The zero-order valence-corrected chi connectivity index (χ0v) is 29.9. The average molecular weight is 717 g/mol. The van der Waals surface area contributed by atoms with Crippen LogP contribution >= 0.6 is 0 Å². The molecule has 1 saturated heterocycles. The normalized spacial score (nSPS) is 43.2. The highest BCUT2D eigenvalue weighted by Gasteiger charge is 2.60. The highest BCUT2D eigenvalue weighted by molar-refractivity contribution is 7.74. The topological polar surface area (TPSA) is 193 Å². The zero-order chi connectivity index (χ0) is 35.1. The molecule has 3 saturated carbocycles. The third-order valence-corrected chi connectivity index (χ3v) is 12.1. The van der Waals surface area contributed by atoms with Gasteiger partial charge in [0.2, 0.25) is 0 Å². The molecule has 0 amide bonds. The van der Waals surface area contributed by atoms with Gasteiger partial charge in [0.1, 0.15) is 41.0 Å². The molecule has 13 unspecified atom stereocenters.